The highest BCUT2D eigenvalue weighted by Gasteiger charge is 2.37. The summed E-state index contributed by atoms with van der Waals surface area (Å²) in [7, 11) is 2.76. The van der Waals surface area contributed by atoms with Crippen molar-refractivity contribution in [3.63, 3.8) is 0 Å². The first-order valence-corrected chi connectivity index (χ1v) is 17.9. The molecule has 0 bridgehead atoms. The van der Waals surface area contributed by atoms with Crippen LogP contribution < -0.4 is 16.1 Å². The average Bonchev–Trinajstić information content (AvgIpc) is 3.10. The second-order valence-electron chi connectivity index (χ2n) is 15.4. The number of carbonyl (C=O) groups excluding carboxylic acids is 4. The Morgan fingerprint density at radius 1 is 0.792 bits per heavy atom. The van der Waals surface area contributed by atoms with E-state index in [9.17, 15) is 19.2 Å². The van der Waals surface area contributed by atoms with Crippen molar-refractivity contribution in [2.24, 2.45) is 16.7 Å². The first-order chi connectivity index (χ1) is 25.0. The number of carbonyl (C=O) groups is 4. The Balaban J connectivity index is 2.05. The summed E-state index contributed by atoms with van der Waals surface area (Å²) < 4.78 is 16.5. The third kappa shape index (κ3) is 14.0. The van der Waals surface area contributed by atoms with Gasteiger partial charge in [0, 0.05) is 44.3 Å². The molecule has 0 fully saturated rings. The fraction of sp³-hybridized carbons (Fsp3) is 0.488. The lowest BCUT2D eigenvalue weighted by atomic mass is 9.77. The van der Waals surface area contributed by atoms with E-state index in [0.717, 1.165) is 22.4 Å². The highest BCUT2D eigenvalue weighted by atomic mass is 16.7. The molecule has 4 atom stereocenters. The van der Waals surface area contributed by atoms with Crippen LogP contribution >= 0.6 is 0 Å². The van der Waals surface area contributed by atoms with Crippen LogP contribution in [-0.4, -0.2) is 79.4 Å². The van der Waals surface area contributed by atoms with Crippen molar-refractivity contribution >= 4 is 23.7 Å². The van der Waals surface area contributed by atoms with Gasteiger partial charge < -0.3 is 29.6 Å². The quantitative estimate of drug-likeness (QED) is 0.111. The summed E-state index contributed by atoms with van der Waals surface area (Å²) in [6, 6.07) is 21.7. The maximum Gasteiger partial charge on any atom is 0.407 e. The SMILES string of the molecule is COCO[C@@H](CN(Cc1ccc(-c2ccccn2)cc1)NC(=O)[C@H](NC(=O)OC)C(C)(C)C)C(Cc1ccccc1)NC(=O)[C@H](CC(C)=O)C(C)(C)C. The van der Waals surface area contributed by atoms with Crippen LogP contribution in [0.4, 0.5) is 4.79 Å². The molecular formula is C41H57N5O7. The molecule has 1 heterocycles. The zero-order valence-electron chi connectivity index (χ0n) is 32.6. The number of pyridine rings is 1. The van der Waals surface area contributed by atoms with Crippen molar-refractivity contribution in [1.29, 1.82) is 0 Å². The highest BCUT2D eigenvalue weighted by molar-refractivity contribution is 5.87. The molecular weight excluding hydrogens is 674 g/mol. The largest absolute Gasteiger partial charge is 0.453 e. The summed E-state index contributed by atoms with van der Waals surface area (Å²) in [5.41, 5.74) is 5.46. The molecule has 0 aliphatic heterocycles. The number of hydrogen-bond donors (Lipinski definition) is 3. The number of aromatic nitrogens is 1. The van der Waals surface area contributed by atoms with Gasteiger partial charge in [-0.2, -0.15) is 0 Å². The van der Waals surface area contributed by atoms with E-state index < -0.39 is 46.9 Å². The third-order valence-corrected chi connectivity index (χ3v) is 8.86. The molecule has 53 heavy (non-hydrogen) atoms. The third-order valence-electron chi connectivity index (χ3n) is 8.86. The number of ketones is 1. The van der Waals surface area contributed by atoms with Crippen molar-refractivity contribution in [1.82, 2.24) is 26.1 Å². The zero-order valence-corrected chi connectivity index (χ0v) is 32.6. The van der Waals surface area contributed by atoms with Crippen molar-refractivity contribution in [2.75, 3.05) is 27.6 Å². The number of rotatable bonds is 18. The second kappa shape index (κ2) is 20.0. The Morgan fingerprint density at radius 2 is 1.45 bits per heavy atom. The average molecular weight is 732 g/mol. The van der Waals surface area contributed by atoms with E-state index in [1.165, 1.54) is 21.1 Å². The monoisotopic (exact) mass is 731 g/mol. The van der Waals surface area contributed by atoms with Gasteiger partial charge in [-0.25, -0.2) is 9.80 Å². The molecule has 0 aliphatic rings. The predicted octanol–water partition coefficient (Wildman–Crippen LogP) is 5.71. The zero-order chi connectivity index (χ0) is 39.2. The van der Waals surface area contributed by atoms with E-state index in [4.69, 9.17) is 14.2 Å². The summed E-state index contributed by atoms with van der Waals surface area (Å²) in [5, 5.41) is 7.61. The van der Waals surface area contributed by atoms with Crippen molar-refractivity contribution in [3.05, 3.63) is 90.1 Å². The van der Waals surface area contributed by atoms with Gasteiger partial charge in [-0.3, -0.25) is 20.0 Å². The smallest absolute Gasteiger partial charge is 0.407 e. The lowest BCUT2D eigenvalue weighted by Crippen LogP contribution is -2.59. The number of ether oxygens (including phenoxy) is 3. The summed E-state index contributed by atoms with van der Waals surface area (Å²) in [6.45, 7) is 13.1. The van der Waals surface area contributed by atoms with Crippen LogP contribution in [0.3, 0.4) is 0 Å². The van der Waals surface area contributed by atoms with Gasteiger partial charge in [-0.05, 0) is 47.4 Å². The minimum absolute atomic E-state index is 0.0798. The molecule has 3 rings (SSSR count). The van der Waals surface area contributed by atoms with E-state index in [1.807, 2.05) is 114 Å². The Bertz CT molecular complexity index is 1610. The molecule has 0 spiro atoms. The van der Waals surface area contributed by atoms with Crippen molar-refractivity contribution in [3.8, 4) is 11.3 Å². The van der Waals surface area contributed by atoms with E-state index in [-0.39, 0.29) is 38.0 Å². The Kier molecular flexibility index (Phi) is 16.1. The second-order valence-corrected chi connectivity index (χ2v) is 15.4. The van der Waals surface area contributed by atoms with Gasteiger partial charge in [-0.15, -0.1) is 0 Å². The lowest BCUT2D eigenvalue weighted by Gasteiger charge is -2.37. The maximum atomic E-state index is 14.0. The van der Waals surface area contributed by atoms with Crippen LogP contribution in [0.25, 0.3) is 11.3 Å². The van der Waals surface area contributed by atoms with Gasteiger partial charge in [-0.1, -0.05) is 102 Å². The minimum atomic E-state index is -0.957. The molecule has 288 valence electrons. The standard InChI is InChI=1S/C41H57N5O7/c1-28(47)23-32(40(2,3)4)37(48)43-34(24-29-15-11-10-12-16-29)35(53-27-51-8)26-46(45-38(49)36(41(5,6)7)44-39(50)52-9)25-30-18-20-31(21-19-30)33-17-13-14-22-42-33/h10-22,32,34-36H,23-27H2,1-9H3,(H,43,48)(H,44,50)(H,45,49)/t32-,34?,35-,36-/m0/s1. The lowest BCUT2D eigenvalue weighted by molar-refractivity contribution is -0.139. The topological polar surface area (TPSA) is 148 Å². The molecule has 2 aromatic carbocycles. The van der Waals surface area contributed by atoms with Crippen LogP contribution in [0.1, 0.15) is 66.0 Å². The summed E-state index contributed by atoms with van der Waals surface area (Å²) in [5.74, 6) is -1.40. The number of benzene rings is 2. The van der Waals surface area contributed by atoms with Gasteiger partial charge in [0.1, 0.15) is 18.6 Å². The van der Waals surface area contributed by atoms with E-state index in [2.05, 4.69) is 21.0 Å². The highest BCUT2D eigenvalue weighted by Crippen LogP contribution is 2.30. The first kappa shape index (κ1) is 42.8. The Hall–Kier alpha value is -4.65. The molecule has 0 saturated carbocycles. The molecule has 0 radical (unpaired) electrons. The molecule has 0 aliphatic carbocycles. The normalized spacial score (nSPS) is 14.1. The van der Waals surface area contributed by atoms with Gasteiger partial charge >= 0.3 is 6.09 Å². The van der Waals surface area contributed by atoms with Crippen LogP contribution in [0.15, 0.2) is 79.0 Å². The summed E-state index contributed by atoms with van der Waals surface area (Å²) >= 11 is 0. The maximum absolute atomic E-state index is 14.0. The molecule has 1 unspecified atom stereocenters. The van der Waals surface area contributed by atoms with Gasteiger partial charge in [0.25, 0.3) is 5.91 Å². The molecule has 12 nitrogen and oxygen atoms in total. The fourth-order valence-electron chi connectivity index (χ4n) is 5.93. The number of hydrazine groups is 1. The number of Topliss-reactive ketones (excluding diaryl/α,β-unsaturated/α-hetero) is 1. The molecule has 3 aromatic rings. The van der Waals surface area contributed by atoms with Crippen LogP contribution in [0, 0.1) is 16.7 Å². The van der Waals surface area contributed by atoms with Crippen LogP contribution in [-0.2, 0) is 41.6 Å². The van der Waals surface area contributed by atoms with E-state index in [1.54, 1.807) is 11.2 Å². The predicted molar refractivity (Wildman–Crippen MR) is 204 cm³/mol. The van der Waals surface area contributed by atoms with E-state index in [0.29, 0.717) is 6.42 Å². The fourth-order valence-corrected chi connectivity index (χ4v) is 5.93. The van der Waals surface area contributed by atoms with Gasteiger partial charge in [0.15, 0.2) is 0 Å². The Morgan fingerprint density at radius 3 is 2.00 bits per heavy atom. The van der Waals surface area contributed by atoms with Gasteiger partial charge in [0.05, 0.1) is 24.9 Å². The molecule has 0 saturated heterocycles. The molecule has 3 N–H and O–H groups in total. The summed E-state index contributed by atoms with van der Waals surface area (Å²) in [6.07, 6.45) is 0.778. The minimum Gasteiger partial charge on any atom is -0.453 e. The van der Waals surface area contributed by atoms with Crippen molar-refractivity contribution in [2.45, 2.75) is 86.0 Å². The summed E-state index contributed by atoms with van der Waals surface area (Å²) in [4.78, 5) is 57.1. The molecule has 3 amide bonds. The molecule has 12 heteroatoms. The number of alkyl carbamates (subject to hydrolysis) is 1. The number of nitrogens with one attached hydrogen (secondary N) is 3. The Labute approximate surface area is 314 Å². The number of methoxy groups -OCH3 is 2. The van der Waals surface area contributed by atoms with Gasteiger partial charge in [0.2, 0.25) is 5.91 Å². The number of amides is 3. The number of hydrogen-bond acceptors (Lipinski definition) is 9. The van der Waals surface area contributed by atoms with Crippen molar-refractivity contribution < 1.29 is 33.4 Å². The molecule has 1 aromatic heterocycles. The first-order valence-electron chi connectivity index (χ1n) is 17.9. The number of nitrogens with zero attached hydrogens (tertiary/aromatic N) is 2. The van der Waals surface area contributed by atoms with E-state index >= 15 is 0 Å². The van der Waals surface area contributed by atoms with Crippen LogP contribution in [0.2, 0.25) is 0 Å². The van der Waals surface area contributed by atoms with Crippen LogP contribution in [0.5, 0.6) is 0 Å².